The second kappa shape index (κ2) is 5.88. The first-order valence-corrected chi connectivity index (χ1v) is 8.91. The molecule has 20 heavy (non-hydrogen) atoms. The van der Waals surface area contributed by atoms with E-state index in [1.807, 2.05) is 13.0 Å². The number of aromatic nitrogens is 3. The lowest BCUT2D eigenvalue weighted by molar-refractivity contribution is -0.115. The van der Waals surface area contributed by atoms with E-state index >= 15 is 0 Å². The highest BCUT2D eigenvalue weighted by atomic mass is 32.1. The van der Waals surface area contributed by atoms with Gasteiger partial charge in [-0.3, -0.25) is 9.89 Å². The lowest BCUT2D eigenvalue weighted by Crippen LogP contribution is -2.13. The summed E-state index contributed by atoms with van der Waals surface area (Å²) in [7, 11) is 1.06. The summed E-state index contributed by atoms with van der Waals surface area (Å²) >= 11 is 1.55. The third-order valence-corrected chi connectivity index (χ3v) is 5.71. The van der Waals surface area contributed by atoms with Crippen LogP contribution in [-0.2, 0) is 11.2 Å². The molecular weight excluding hydrogens is 288 g/mol. The number of nitrogens with one attached hydrogen (secondary N) is 2. The minimum absolute atomic E-state index is 0.0417. The maximum absolute atomic E-state index is 11.9. The minimum Gasteiger partial charge on any atom is -0.309 e. The van der Waals surface area contributed by atoms with Crippen molar-refractivity contribution in [1.29, 1.82) is 0 Å². The molecule has 2 N–H and O–H groups in total. The normalized spacial score (nSPS) is 18.4. The van der Waals surface area contributed by atoms with Gasteiger partial charge in [-0.05, 0) is 19.3 Å². The number of carbonyl (C=O) groups excluding carboxylic acids is 1. The Labute approximate surface area is 124 Å². The van der Waals surface area contributed by atoms with Gasteiger partial charge in [-0.15, -0.1) is 11.3 Å². The van der Waals surface area contributed by atoms with Crippen LogP contribution in [0.25, 0.3) is 0 Å². The van der Waals surface area contributed by atoms with Gasteiger partial charge in [0.05, 0.1) is 11.4 Å². The fourth-order valence-electron chi connectivity index (χ4n) is 2.36. The number of aromatic amines is 1. The van der Waals surface area contributed by atoms with E-state index in [1.165, 1.54) is 18.5 Å². The number of anilines is 1. The van der Waals surface area contributed by atoms with E-state index in [0.29, 0.717) is 18.2 Å². The van der Waals surface area contributed by atoms with Crippen molar-refractivity contribution in [1.82, 2.24) is 15.2 Å². The van der Waals surface area contributed by atoms with Gasteiger partial charge in [-0.1, -0.05) is 12.1 Å². The Balaban J connectivity index is 1.58. The van der Waals surface area contributed by atoms with Gasteiger partial charge < -0.3 is 5.32 Å². The highest BCUT2D eigenvalue weighted by Crippen LogP contribution is 2.31. The van der Waals surface area contributed by atoms with E-state index in [4.69, 9.17) is 0 Å². The summed E-state index contributed by atoms with van der Waals surface area (Å²) in [6.45, 7) is 1.94. The molecule has 1 aliphatic heterocycles. The van der Waals surface area contributed by atoms with Crippen LogP contribution >= 0.6 is 11.3 Å². The van der Waals surface area contributed by atoms with Crippen molar-refractivity contribution in [2.75, 3.05) is 5.32 Å². The van der Waals surface area contributed by atoms with Crippen LogP contribution in [0.5, 0.6) is 0 Å². The van der Waals surface area contributed by atoms with Gasteiger partial charge in [0, 0.05) is 32.4 Å². The molecule has 5 nitrogen and oxygen atoms in total. The molecule has 0 spiro atoms. The second-order valence-electron chi connectivity index (χ2n) is 4.97. The van der Waals surface area contributed by atoms with Gasteiger partial charge in [0.1, 0.15) is 0 Å². The second-order valence-corrected chi connectivity index (χ2v) is 7.70. The van der Waals surface area contributed by atoms with Gasteiger partial charge >= 0.3 is 0 Å². The molecule has 0 aliphatic carbocycles. The van der Waals surface area contributed by atoms with Gasteiger partial charge in [0.2, 0.25) is 5.91 Å². The van der Waals surface area contributed by atoms with Crippen LogP contribution in [0.2, 0.25) is 12.1 Å². The van der Waals surface area contributed by atoms with Crippen molar-refractivity contribution in [2.24, 2.45) is 0 Å². The maximum Gasteiger partial charge on any atom is 0.230 e. The first kappa shape index (κ1) is 13.5. The summed E-state index contributed by atoms with van der Waals surface area (Å²) in [6.07, 6.45) is 3.35. The molecule has 1 fully saturated rings. The quantitative estimate of drug-likeness (QED) is 0.852. The number of nitrogens with zero attached hydrogens (tertiary/aromatic N) is 2. The molecule has 104 valence electrons. The maximum atomic E-state index is 11.9. The monoisotopic (exact) mass is 304 g/mol. The smallest absolute Gasteiger partial charge is 0.230 e. The molecule has 1 amide bonds. The molecule has 0 unspecified atom stereocenters. The van der Waals surface area contributed by atoms with Crippen LogP contribution in [0.4, 0.5) is 5.82 Å². The molecule has 3 heterocycles. The van der Waals surface area contributed by atoms with E-state index in [9.17, 15) is 4.79 Å². The van der Waals surface area contributed by atoms with Crippen LogP contribution in [0.3, 0.4) is 0 Å². The van der Waals surface area contributed by atoms with Crippen LogP contribution in [-0.4, -0.2) is 30.6 Å². The van der Waals surface area contributed by atoms with Crippen molar-refractivity contribution < 1.29 is 4.79 Å². The molecule has 2 radical (unpaired) electrons. The van der Waals surface area contributed by atoms with Crippen LogP contribution in [0.1, 0.15) is 27.9 Å². The molecule has 1 saturated heterocycles. The fraction of sp³-hybridized carbons (Fsp3) is 0.462. The average molecular weight is 304 g/mol. The predicted molar refractivity (Wildman–Crippen MR) is 80.5 cm³/mol. The van der Waals surface area contributed by atoms with Gasteiger partial charge in [-0.25, -0.2) is 4.98 Å². The Morgan fingerprint density at radius 3 is 3.25 bits per heavy atom. The third-order valence-electron chi connectivity index (χ3n) is 3.37. The zero-order valence-corrected chi connectivity index (χ0v) is 13.1. The Morgan fingerprint density at radius 1 is 1.65 bits per heavy atom. The Hall–Kier alpha value is -1.47. The van der Waals surface area contributed by atoms with E-state index in [0.717, 1.165) is 25.1 Å². The fourth-order valence-corrected chi connectivity index (χ4v) is 4.68. The highest BCUT2D eigenvalue weighted by molar-refractivity contribution is 7.11. The number of thiazole rings is 1. The van der Waals surface area contributed by atoms with Crippen molar-refractivity contribution in [3.63, 3.8) is 0 Å². The van der Waals surface area contributed by atoms with Gasteiger partial charge in [0.25, 0.3) is 0 Å². The number of hydrogen-bond donors (Lipinski definition) is 2. The molecule has 2 aromatic heterocycles. The van der Waals surface area contributed by atoms with Crippen molar-refractivity contribution >= 4 is 32.6 Å². The first-order chi connectivity index (χ1) is 9.70. The number of hydrogen-bond acceptors (Lipinski definition) is 4. The van der Waals surface area contributed by atoms with E-state index in [2.05, 4.69) is 20.5 Å². The SMILES string of the molecule is Cc1ncc(CC(=O)Nc2cc([C@@H]3CC[Si]C3)[nH]n2)s1. The Morgan fingerprint density at radius 2 is 2.55 bits per heavy atom. The largest absolute Gasteiger partial charge is 0.309 e. The lowest BCUT2D eigenvalue weighted by atomic mass is 10.1. The summed E-state index contributed by atoms with van der Waals surface area (Å²) in [5, 5.41) is 11.1. The number of H-pyrrole nitrogens is 1. The average Bonchev–Trinajstić information content (AvgIpc) is 3.10. The third kappa shape index (κ3) is 3.16. The standard InChI is InChI=1S/C13H16N4OSSi/c1-8-14-6-10(19-8)4-13(18)15-12-5-11(16-17-12)9-2-3-20-7-9/h5-6,9H,2-4,7H2,1H3,(H2,15,16,17,18)/t9-/m1/s1. The molecule has 0 bridgehead atoms. The van der Waals surface area contributed by atoms with E-state index in [-0.39, 0.29) is 5.91 Å². The van der Waals surface area contributed by atoms with Crippen molar-refractivity contribution in [2.45, 2.75) is 37.8 Å². The topological polar surface area (TPSA) is 70.7 Å². The molecule has 3 rings (SSSR count). The van der Waals surface area contributed by atoms with Gasteiger partial charge in [0.15, 0.2) is 5.82 Å². The van der Waals surface area contributed by atoms with Crippen LogP contribution < -0.4 is 5.32 Å². The predicted octanol–water partition coefficient (Wildman–Crippen LogP) is 2.38. The Kier molecular flexibility index (Phi) is 3.97. The summed E-state index contributed by atoms with van der Waals surface area (Å²) < 4.78 is 0. The van der Waals surface area contributed by atoms with Crippen LogP contribution in [0.15, 0.2) is 12.3 Å². The molecule has 0 saturated carbocycles. The van der Waals surface area contributed by atoms with Crippen LogP contribution in [0, 0.1) is 6.92 Å². The molecule has 0 aromatic carbocycles. The van der Waals surface area contributed by atoms with E-state index in [1.54, 1.807) is 17.5 Å². The number of carbonyl (C=O) groups is 1. The number of rotatable bonds is 4. The Bertz CT molecular complexity index is 603. The molecule has 1 aliphatic rings. The number of amides is 1. The minimum atomic E-state index is -0.0417. The zero-order valence-electron chi connectivity index (χ0n) is 11.3. The summed E-state index contributed by atoms with van der Waals surface area (Å²) in [5.41, 5.74) is 1.15. The number of aryl methyl sites for hydroxylation is 1. The molecule has 2 aromatic rings. The van der Waals surface area contributed by atoms with Gasteiger partial charge in [-0.2, -0.15) is 5.10 Å². The molecule has 1 atom stereocenters. The van der Waals surface area contributed by atoms with E-state index < -0.39 is 0 Å². The summed E-state index contributed by atoms with van der Waals surface area (Å²) in [5.74, 6) is 1.18. The van der Waals surface area contributed by atoms with Crippen molar-refractivity contribution in [3.05, 3.63) is 27.8 Å². The highest BCUT2D eigenvalue weighted by Gasteiger charge is 2.20. The lowest BCUT2D eigenvalue weighted by Gasteiger charge is -2.03. The zero-order chi connectivity index (χ0) is 13.9. The summed E-state index contributed by atoms with van der Waals surface area (Å²) in [6, 6.07) is 4.53. The van der Waals surface area contributed by atoms with Crippen molar-refractivity contribution in [3.8, 4) is 0 Å². The first-order valence-electron chi connectivity index (χ1n) is 6.68. The molecule has 7 heteroatoms. The molecular formula is C13H16N4OSSi. The summed E-state index contributed by atoms with van der Waals surface area (Å²) in [4.78, 5) is 17.1.